The van der Waals surface area contributed by atoms with Crippen LogP contribution in [0.3, 0.4) is 0 Å². The Balaban J connectivity index is 1.54. The average molecular weight is 260 g/mol. The quantitative estimate of drug-likeness (QED) is 0.853. The van der Waals surface area contributed by atoms with Crippen molar-refractivity contribution in [1.29, 1.82) is 0 Å². The summed E-state index contributed by atoms with van der Waals surface area (Å²) in [6.45, 7) is 1.92. The lowest BCUT2D eigenvalue weighted by Crippen LogP contribution is -2.28. The van der Waals surface area contributed by atoms with Crippen LogP contribution in [0.2, 0.25) is 0 Å². The highest BCUT2D eigenvalue weighted by Crippen LogP contribution is 2.54. The molecule has 1 aromatic heterocycles. The van der Waals surface area contributed by atoms with E-state index in [1.807, 2.05) is 13.0 Å². The maximum atomic E-state index is 12.0. The van der Waals surface area contributed by atoms with Crippen molar-refractivity contribution in [2.24, 2.45) is 17.8 Å². The van der Waals surface area contributed by atoms with E-state index in [1.165, 1.54) is 0 Å². The number of carbonyl (C=O) groups excluding carboxylic acids is 1. The Labute approximate surface area is 111 Å². The second-order valence-electron chi connectivity index (χ2n) is 5.54. The Morgan fingerprint density at radius 1 is 1.37 bits per heavy atom. The molecule has 1 amide bonds. The zero-order valence-electron chi connectivity index (χ0n) is 10.7. The van der Waals surface area contributed by atoms with Gasteiger partial charge >= 0.3 is 5.97 Å². The zero-order valence-corrected chi connectivity index (χ0v) is 10.7. The molecule has 1 heterocycles. The number of aromatic nitrogens is 1. The van der Waals surface area contributed by atoms with Gasteiger partial charge in [-0.1, -0.05) is 0 Å². The van der Waals surface area contributed by atoms with Crippen molar-refractivity contribution in [3.8, 4) is 0 Å². The molecular formula is C14H16N2O3. The first-order chi connectivity index (χ1) is 9.06. The number of nitrogens with zero attached hydrogens (tertiary/aromatic N) is 1. The van der Waals surface area contributed by atoms with Crippen molar-refractivity contribution in [3.63, 3.8) is 0 Å². The van der Waals surface area contributed by atoms with Crippen LogP contribution < -0.4 is 5.32 Å². The molecule has 0 unspecified atom stereocenters. The molecule has 2 saturated carbocycles. The first-order valence-electron chi connectivity index (χ1n) is 6.52. The van der Waals surface area contributed by atoms with Gasteiger partial charge in [-0.2, -0.15) is 0 Å². The molecule has 1 aromatic rings. The molecule has 2 aliphatic rings. The van der Waals surface area contributed by atoms with E-state index in [0.29, 0.717) is 11.6 Å². The molecule has 2 N–H and O–H groups in total. The fourth-order valence-electron chi connectivity index (χ4n) is 2.73. The highest BCUT2D eigenvalue weighted by atomic mass is 16.4. The normalized spacial score (nSPS) is 31.6. The second-order valence-corrected chi connectivity index (χ2v) is 5.54. The highest BCUT2D eigenvalue weighted by molar-refractivity contribution is 5.92. The SMILES string of the molecule is Cc1ccnc(C(=O)N[C@@H]2C[C@@H]2[C@@H]2C[C@@H]2C(=O)O)c1. The standard InChI is InChI=1S/C14H16N2O3/c1-7-2-3-15-12(4-7)13(17)16-11-6-9(11)8-5-10(8)14(18)19/h2-4,8-11H,5-6H2,1H3,(H,16,17)(H,18,19)/t8-,9+,10-,11+/m0/s1. The molecule has 0 saturated heterocycles. The first kappa shape index (κ1) is 12.1. The van der Waals surface area contributed by atoms with E-state index in [2.05, 4.69) is 10.3 Å². The van der Waals surface area contributed by atoms with Crippen LogP contribution in [0.5, 0.6) is 0 Å². The minimum absolute atomic E-state index is 0.129. The highest BCUT2D eigenvalue weighted by Gasteiger charge is 2.56. The van der Waals surface area contributed by atoms with Crippen LogP contribution in [0.1, 0.15) is 28.9 Å². The Morgan fingerprint density at radius 2 is 2.16 bits per heavy atom. The number of aryl methyl sites for hydroxylation is 1. The smallest absolute Gasteiger partial charge is 0.306 e. The van der Waals surface area contributed by atoms with Gasteiger partial charge in [0.2, 0.25) is 0 Å². The molecule has 0 aliphatic heterocycles. The summed E-state index contributed by atoms with van der Waals surface area (Å²) in [5, 5.41) is 11.8. The molecule has 100 valence electrons. The molecule has 5 heteroatoms. The third-order valence-corrected chi connectivity index (χ3v) is 4.01. The monoisotopic (exact) mass is 260 g/mol. The minimum atomic E-state index is -0.706. The van der Waals surface area contributed by atoms with E-state index >= 15 is 0 Å². The van der Waals surface area contributed by atoms with E-state index in [0.717, 1.165) is 18.4 Å². The molecule has 0 spiro atoms. The van der Waals surface area contributed by atoms with Crippen LogP contribution in [-0.4, -0.2) is 28.0 Å². The van der Waals surface area contributed by atoms with E-state index < -0.39 is 5.97 Å². The van der Waals surface area contributed by atoms with Gasteiger partial charge in [-0.05, 0) is 49.3 Å². The van der Waals surface area contributed by atoms with Crippen LogP contribution in [0.4, 0.5) is 0 Å². The van der Waals surface area contributed by atoms with Gasteiger partial charge in [-0.15, -0.1) is 0 Å². The summed E-state index contributed by atoms with van der Waals surface area (Å²) in [5.74, 6) is -0.460. The van der Waals surface area contributed by atoms with E-state index in [4.69, 9.17) is 5.11 Å². The maximum Gasteiger partial charge on any atom is 0.306 e. The van der Waals surface area contributed by atoms with Gasteiger partial charge in [0.25, 0.3) is 5.91 Å². The summed E-state index contributed by atoms with van der Waals surface area (Å²) in [6, 6.07) is 3.73. The Bertz CT molecular complexity index is 543. The fourth-order valence-corrected chi connectivity index (χ4v) is 2.73. The summed E-state index contributed by atoms with van der Waals surface area (Å²) in [7, 11) is 0. The Kier molecular flexibility index (Phi) is 2.77. The Morgan fingerprint density at radius 3 is 2.79 bits per heavy atom. The van der Waals surface area contributed by atoms with E-state index in [-0.39, 0.29) is 23.8 Å². The number of nitrogens with one attached hydrogen (secondary N) is 1. The molecular weight excluding hydrogens is 244 g/mol. The Hall–Kier alpha value is -1.91. The van der Waals surface area contributed by atoms with E-state index in [1.54, 1.807) is 12.3 Å². The minimum Gasteiger partial charge on any atom is -0.481 e. The van der Waals surface area contributed by atoms with Crippen molar-refractivity contribution in [3.05, 3.63) is 29.6 Å². The molecule has 5 nitrogen and oxygen atoms in total. The van der Waals surface area contributed by atoms with Gasteiger partial charge in [0.05, 0.1) is 5.92 Å². The largest absolute Gasteiger partial charge is 0.481 e. The van der Waals surface area contributed by atoms with Crippen molar-refractivity contribution >= 4 is 11.9 Å². The molecule has 2 aliphatic carbocycles. The van der Waals surface area contributed by atoms with Crippen LogP contribution in [0, 0.1) is 24.7 Å². The summed E-state index contributed by atoms with van der Waals surface area (Å²) < 4.78 is 0. The summed E-state index contributed by atoms with van der Waals surface area (Å²) in [4.78, 5) is 26.8. The molecule has 2 fully saturated rings. The first-order valence-corrected chi connectivity index (χ1v) is 6.52. The fraction of sp³-hybridized carbons (Fsp3) is 0.500. The number of carboxylic acids is 1. The summed E-state index contributed by atoms with van der Waals surface area (Å²) in [6.07, 6.45) is 3.27. The number of aliphatic carboxylic acids is 1. The third-order valence-electron chi connectivity index (χ3n) is 4.01. The summed E-state index contributed by atoms with van der Waals surface area (Å²) >= 11 is 0. The predicted molar refractivity (Wildman–Crippen MR) is 67.6 cm³/mol. The molecule has 0 aromatic carbocycles. The average Bonchev–Trinajstić information content (AvgIpc) is 3.21. The van der Waals surface area contributed by atoms with Crippen molar-refractivity contribution in [2.45, 2.75) is 25.8 Å². The van der Waals surface area contributed by atoms with Gasteiger partial charge in [0.1, 0.15) is 5.69 Å². The van der Waals surface area contributed by atoms with Crippen LogP contribution in [0.25, 0.3) is 0 Å². The predicted octanol–water partition coefficient (Wildman–Crippen LogP) is 1.23. The van der Waals surface area contributed by atoms with Gasteiger partial charge in [-0.25, -0.2) is 0 Å². The maximum absolute atomic E-state index is 12.0. The van der Waals surface area contributed by atoms with Crippen molar-refractivity contribution in [1.82, 2.24) is 10.3 Å². The number of carbonyl (C=O) groups is 2. The molecule has 0 bridgehead atoms. The van der Waals surface area contributed by atoms with Crippen LogP contribution in [0.15, 0.2) is 18.3 Å². The molecule has 4 atom stereocenters. The lowest BCUT2D eigenvalue weighted by atomic mass is 10.2. The van der Waals surface area contributed by atoms with Gasteiger partial charge < -0.3 is 10.4 Å². The van der Waals surface area contributed by atoms with Crippen LogP contribution in [-0.2, 0) is 4.79 Å². The van der Waals surface area contributed by atoms with Gasteiger partial charge in [0.15, 0.2) is 0 Å². The lowest BCUT2D eigenvalue weighted by Gasteiger charge is -2.04. The molecule has 19 heavy (non-hydrogen) atoms. The van der Waals surface area contributed by atoms with Gasteiger partial charge in [0, 0.05) is 12.2 Å². The number of carboxylic acid groups (broad SMARTS) is 1. The lowest BCUT2D eigenvalue weighted by molar-refractivity contribution is -0.138. The van der Waals surface area contributed by atoms with Crippen molar-refractivity contribution in [2.75, 3.05) is 0 Å². The number of rotatable bonds is 4. The number of amides is 1. The van der Waals surface area contributed by atoms with Crippen LogP contribution >= 0.6 is 0 Å². The van der Waals surface area contributed by atoms with E-state index in [9.17, 15) is 9.59 Å². The van der Waals surface area contributed by atoms with Crippen molar-refractivity contribution < 1.29 is 14.7 Å². The zero-order chi connectivity index (χ0) is 13.6. The molecule has 0 radical (unpaired) electrons. The number of hydrogen-bond acceptors (Lipinski definition) is 3. The number of hydrogen-bond donors (Lipinski definition) is 2. The number of pyridine rings is 1. The topological polar surface area (TPSA) is 79.3 Å². The third kappa shape index (κ3) is 2.45. The van der Waals surface area contributed by atoms with Gasteiger partial charge in [-0.3, -0.25) is 14.6 Å². The molecule has 3 rings (SSSR count). The summed E-state index contributed by atoms with van der Waals surface area (Å²) in [5.41, 5.74) is 1.43. The second kappa shape index (κ2) is 4.33.